The molecule has 11 heteroatoms. The second-order valence-electron chi connectivity index (χ2n) is 15.2. The molecule has 3 heterocycles. The van der Waals surface area contributed by atoms with Crippen LogP contribution in [-0.2, 0) is 25.6 Å². The van der Waals surface area contributed by atoms with Gasteiger partial charge >= 0.3 is 6.03 Å². The van der Waals surface area contributed by atoms with Gasteiger partial charge in [0, 0.05) is 36.9 Å². The highest BCUT2D eigenvalue weighted by atomic mass is 16.2. The maximum atomic E-state index is 14.6. The average Bonchev–Trinajstić information content (AvgIpc) is 3.70. The Morgan fingerprint density at radius 3 is 2.47 bits per heavy atom. The van der Waals surface area contributed by atoms with Gasteiger partial charge in [0.1, 0.15) is 12.1 Å². The molecular weight excluding hydrogens is 620 g/mol. The van der Waals surface area contributed by atoms with Gasteiger partial charge in [-0.1, -0.05) is 77.4 Å². The van der Waals surface area contributed by atoms with Crippen molar-refractivity contribution in [2.75, 3.05) is 13.1 Å². The van der Waals surface area contributed by atoms with Crippen LogP contribution in [0.1, 0.15) is 103 Å². The molecule has 4 N–H and O–H groups in total. The summed E-state index contributed by atoms with van der Waals surface area (Å²) in [7, 11) is 0. The minimum atomic E-state index is -0.976. The number of rotatable bonds is 9. The Kier molecular flexibility index (Phi) is 12.5. The van der Waals surface area contributed by atoms with Gasteiger partial charge in [-0.2, -0.15) is 0 Å². The number of fused-ring (bicyclic) bond motifs is 2. The Hall–Kier alpha value is -3.76. The minimum Gasteiger partial charge on any atom is -0.346 e. The highest BCUT2D eigenvalue weighted by Crippen LogP contribution is 2.46. The summed E-state index contributed by atoms with van der Waals surface area (Å²) in [4.78, 5) is 74.5. The molecule has 2 saturated heterocycles. The number of hydrogen-bond donors (Lipinski definition) is 4. The number of aromatic nitrogens is 1. The van der Waals surface area contributed by atoms with E-state index in [1.54, 1.807) is 11.1 Å². The first-order valence-electron chi connectivity index (χ1n) is 18.6. The van der Waals surface area contributed by atoms with E-state index in [0.717, 1.165) is 69.9 Å². The van der Waals surface area contributed by atoms with E-state index in [-0.39, 0.29) is 36.2 Å². The number of urea groups is 1. The van der Waals surface area contributed by atoms with E-state index in [2.05, 4.69) is 46.7 Å². The van der Waals surface area contributed by atoms with Gasteiger partial charge in [-0.15, -0.1) is 6.58 Å². The normalized spacial score (nSPS) is 28.9. The predicted molar refractivity (Wildman–Crippen MR) is 187 cm³/mol. The summed E-state index contributed by atoms with van der Waals surface area (Å²) in [6.07, 6.45) is 14.9. The molecule has 1 aromatic rings. The zero-order valence-corrected chi connectivity index (χ0v) is 29.4. The fourth-order valence-electron chi connectivity index (χ4n) is 8.28. The molecule has 2 aliphatic heterocycles. The number of pyridine rings is 1. The Bertz CT molecular complexity index is 1350. The van der Waals surface area contributed by atoms with Gasteiger partial charge in [0.25, 0.3) is 5.91 Å². The second-order valence-corrected chi connectivity index (χ2v) is 15.2. The van der Waals surface area contributed by atoms with E-state index < -0.39 is 41.3 Å². The monoisotopic (exact) mass is 676 g/mol. The van der Waals surface area contributed by atoms with Gasteiger partial charge in [-0.3, -0.25) is 24.2 Å². The Morgan fingerprint density at radius 1 is 1.04 bits per heavy atom. The van der Waals surface area contributed by atoms with E-state index >= 15 is 0 Å². The first-order valence-corrected chi connectivity index (χ1v) is 18.6. The third-order valence-electron chi connectivity index (χ3n) is 11.3. The van der Waals surface area contributed by atoms with E-state index in [9.17, 15) is 24.0 Å². The first-order chi connectivity index (χ1) is 23.6. The molecule has 0 spiro atoms. The topological polar surface area (TPSA) is 150 Å². The lowest BCUT2D eigenvalue weighted by molar-refractivity contribution is -0.143. The lowest BCUT2D eigenvalue weighted by atomic mass is 9.78. The first kappa shape index (κ1) is 36.5. The summed E-state index contributed by atoms with van der Waals surface area (Å²) in [6.45, 7) is 8.31. The molecule has 4 fully saturated rings. The van der Waals surface area contributed by atoms with E-state index in [4.69, 9.17) is 0 Å². The molecular formula is C38H56N6O5. The minimum absolute atomic E-state index is 0.00571. The third kappa shape index (κ3) is 9.48. The molecule has 5 rings (SSSR count). The smallest absolute Gasteiger partial charge is 0.315 e. The van der Waals surface area contributed by atoms with Crippen LogP contribution in [-0.4, -0.2) is 76.2 Å². The number of ketones is 1. The quantitative estimate of drug-likeness (QED) is 0.227. The lowest BCUT2D eigenvalue weighted by Crippen LogP contribution is -2.60. The molecule has 2 unspecified atom stereocenters. The largest absolute Gasteiger partial charge is 0.346 e. The van der Waals surface area contributed by atoms with Gasteiger partial charge in [0.05, 0.1) is 6.04 Å². The van der Waals surface area contributed by atoms with Gasteiger partial charge in [-0.25, -0.2) is 4.79 Å². The van der Waals surface area contributed by atoms with Crippen LogP contribution in [0, 0.1) is 23.7 Å². The molecule has 268 valence electrons. The zero-order chi connectivity index (χ0) is 35.0. The number of nitrogens with zero attached hydrogens (tertiary/aromatic N) is 2. The number of carbonyl (C=O) groups excluding carboxylic acids is 5. The van der Waals surface area contributed by atoms with Crippen LogP contribution < -0.4 is 21.3 Å². The van der Waals surface area contributed by atoms with Gasteiger partial charge in [0.15, 0.2) is 0 Å². The summed E-state index contributed by atoms with van der Waals surface area (Å²) in [5, 5.41) is 11.9. The van der Waals surface area contributed by atoms with Gasteiger partial charge in [0.2, 0.25) is 17.6 Å². The van der Waals surface area contributed by atoms with E-state index in [1.165, 1.54) is 6.08 Å². The van der Waals surface area contributed by atoms with E-state index in [0.29, 0.717) is 38.1 Å². The standard InChI is InChI=1S/C38H56N6O5/c1-4-19-40-35(47)33(45)30-16-9-6-5-8-14-26-21-29(26)32(36(48)44-24-27(25(2)3)22-31(44)34(46)41-30)42-37(49)43-38(17-11-7-12-18-38)23-28-15-10-13-20-39-28/h4,10,13,15,20,25-27,29-32H,1,5-9,11-12,14,16-19,21-24H2,2-3H3,(H,40,47)(H,41,46)(H2,42,43,49)/t26?,27-,29?,30+,31+,32+/m1/s1. The third-order valence-corrected chi connectivity index (χ3v) is 11.3. The van der Waals surface area contributed by atoms with Gasteiger partial charge in [-0.05, 0) is 67.9 Å². The van der Waals surface area contributed by atoms with Crippen molar-refractivity contribution in [3.63, 3.8) is 0 Å². The van der Waals surface area contributed by atoms with Crippen molar-refractivity contribution in [2.45, 2.75) is 127 Å². The van der Waals surface area contributed by atoms with Crippen molar-refractivity contribution in [1.29, 1.82) is 0 Å². The number of amides is 5. The van der Waals surface area contributed by atoms with Crippen molar-refractivity contribution in [2.24, 2.45) is 23.7 Å². The molecule has 49 heavy (non-hydrogen) atoms. The predicted octanol–water partition coefficient (Wildman–Crippen LogP) is 4.21. The fourth-order valence-corrected chi connectivity index (χ4v) is 8.28. The molecule has 2 aliphatic carbocycles. The van der Waals surface area contributed by atoms with Crippen molar-refractivity contribution in [3.8, 4) is 0 Å². The molecule has 4 aliphatic rings. The van der Waals surface area contributed by atoms with Crippen molar-refractivity contribution in [1.82, 2.24) is 31.2 Å². The number of nitrogens with one attached hydrogen (secondary N) is 4. The highest BCUT2D eigenvalue weighted by molar-refractivity contribution is 6.38. The Balaban J connectivity index is 1.37. The summed E-state index contributed by atoms with van der Waals surface area (Å²) in [5.74, 6) is -1.46. The van der Waals surface area contributed by atoms with Gasteiger partial charge < -0.3 is 26.2 Å². The number of hydrogen-bond acceptors (Lipinski definition) is 6. The van der Waals surface area contributed by atoms with Crippen LogP contribution in [0.15, 0.2) is 37.1 Å². The molecule has 0 bridgehead atoms. The Labute approximate surface area is 291 Å². The summed E-state index contributed by atoms with van der Waals surface area (Å²) in [5.41, 5.74) is 0.485. The number of carbonyl (C=O) groups is 5. The molecule has 11 nitrogen and oxygen atoms in total. The molecule has 1 aromatic heterocycles. The SMILES string of the molecule is C=CCNC(=O)C(=O)[C@@H]1CCCCCCC2CC2[C@H](NC(=O)NC2(Cc3ccccn3)CCCCC2)C(=O)N2C[C@H](C(C)C)C[C@H]2C(=O)N1. The zero-order valence-electron chi connectivity index (χ0n) is 29.4. The molecule has 5 amide bonds. The van der Waals surface area contributed by atoms with Crippen LogP contribution in [0.25, 0.3) is 0 Å². The summed E-state index contributed by atoms with van der Waals surface area (Å²) >= 11 is 0. The summed E-state index contributed by atoms with van der Waals surface area (Å²) < 4.78 is 0. The van der Waals surface area contributed by atoms with Crippen molar-refractivity contribution in [3.05, 3.63) is 42.7 Å². The molecule has 6 atom stereocenters. The Morgan fingerprint density at radius 2 is 1.78 bits per heavy atom. The highest BCUT2D eigenvalue weighted by Gasteiger charge is 2.51. The van der Waals surface area contributed by atoms with E-state index in [1.807, 2.05) is 18.2 Å². The number of Topliss-reactive ketones (excluding diaryl/α,β-unsaturated/α-hetero) is 1. The average molecular weight is 677 g/mol. The molecule has 2 saturated carbocycles. The summed E-state index contributed by atoms with van der Waals surface area (Å²) in [6, 6.07) is 2.96. The molecule has 0 aromatic carbocycles. The van der Waals surface area contributed by atoms with Crippen LogP contribution in [0.5, 0.6) is 0 Å². The van der Waals surface area contributed by atoms with Crippen LogP contribution in [0.4, 0.5) is 4.79 Å². The maximum absolute atomic E-state index is 14.6. The van der Waals surface area contributed by atoms with Crippen molar-refractivity contribution >= 4 is 29.5 Å². The fraction of sp³-hybridized carbons (Fsp3) is 0.684. The second kappa shape index (κ2) is 16.8. The van der Waals surface area contributed by atoms with Crippen LogP contribution in [0.2, 0.25) is 0 Å². The maximum Gasteiger partial charge on any atom is 0.315 e. The molecule has 0 radical (unpaired) electrons. The van der Waals surface area contributed by atoms with Crippen LogP contribution >= 0.6 is 0 Å². The van der Waals surface area contributed by atoms with Crippen molar-refractivity contribution < 1.29 is 24.0 Å². The lowest BCUT2D eigenvalue weighted by Gasteiger charge is -2.39. The van der Waals surface area contributed by atoms with Crippen LogP contribution in [0.3, 0.4) is 0 Å².